The molecule has 0 amide bonds. The molecular weight excluding hydrogens is 96.1 g/mol. The minimum atomic E-state index is 0.945. The van der Waals surface area contributed by atoms with Crippen LogP contribution >= 0.6 is 0 Å². The molecule has 0 nitrogen and oxygen atoms in total. The lowest BCUT2D eigenvalue weighted by Crippen LogP contribution is -1.53. The fourth-order valence-electron chi connectivity index (χ4n) is 0.351. The van der Waals surface area contributed by atoms with Gasteiger partial charge in [-0.1, -0.05) is 24.1 Å². The van der Waals surface area contributed by atoms with Gasteiger partial charge in [0.05, 0.1) is 0 Å². The zero-order valence-electron chi connectivity index (χ0n) is 5.09. The molecule has 42 valence electrons. The molecule has 0 aromatic carbocycles. The predicted octanol–water partition coefficient (Wildman–Crippen LogP) is 2.14. The van der Waals surface area contributed by atoms with Crippen LogP contribution in [0.3, 0.4) is 0 Å². The van der Waals surface area contributed by atoms with E-state index in [1.807, 2.05) is 25.2 Å². The number of hydrogen-bond donors (Lipinski definition) is 0. The Morgan fingerprint density at radius 1 is 1.50 bits per heavy atom. The van der Waals surface area contributed by atoms with Gasteiger partial charge in [-0.2, -0.15) is 0 Å². The van der Waals surface area contributed by atoms with Crippen LogP contribution < -0.4 is 0 Å². The van der Waals surface area contributed by atoms with Crippen molar-refractivity contribution >= 4 is 0 Å². The van der Waals surface area contributed by atoms with Crippen molar-refractivity contribution < 1.29 is 0 Å². The maximum Gasteiger partial charge on any atom is -0.0158 e. The van der Waals surface area contributed by atoms with Gasteiger partial charge < -0.3 is 0 Å². The minimum Gasteiger partial charge on any atom is -0.115 e. The summed E-state index contributed by atoms with van der Waals surface area (Å²) in [6, 6.07) is 0. The van der Waals surface area contributed by atoms with Crippen LogP contribution in [-0.2, 0) is 0 Å². The lowest BCUT2D eigenvalue weighted by Gasteiger charge is -1.73. The highest BCUT2D eigenvalue weighted by Crippen LogP contribution is 1.82. The molecule has 0 saturated heterocycles. The summed E-state index contributed by atoms with van der Waals surface area (Å²) < 4.78 is 0. The van der Waals surface area contributed by atoms with Crippen molar-refractivity contribution in [1.82, 2.24) is 0 Å². The highest BCUT2D eigenvalue weighted by atomic mass is 13.7. The molecule has 0 aromatic heterocycles. The van der Waals surface area contributed by atoms with Crippen molar-refractivity contribution in [3.05, 3.63) is 24.3 Å². The summed E-state index contributed by atoms with van der Waals surface area (Å²) in [6.45, 7) is 1.99. The van der Waals surface area contributed by atoms with Crippen LogP contribution in [-0.4, -0.2) is 0 Å². The molecule has 0 aromatic rings. The molecule has 0 rings (SSSR count). The molecular formula is C8H10. The van der Waals surface area contributed by atoms with E-state index in [0.717, 1.165) is 6.42 Å². The molecule has 0 unspecified atom stereocenters. The summed E-state index contributed by atoms with van der Waals surface area (Å²) in [4.78, 5) is 0. The van der Waals surface area contributed by atoms with Gasteiger partial charge in [-0.15, -0.1) is 6.42 Å². The quantitative estimate of drug-likeness (QED) is 0.373. The van der Waals surface area contributed by atoms with Gasteiger partial charge in [-0.25, -0.2) is 0 Å². The number of rotatable bonds is 2. The van der Waals surface area contributed by atoms with Gasteiger partial charge in [0.25, 0.3) is 0 Å². The van der Waals surface area contributed by atoms with E-state index in [2.05, 4.69) is 5.92 Å². The maximum atomic E-state index is 4.95. The number of allylic oxidation sites excluding steroid dienone is 4. The monoisotopic (exact) mass is 106 g/mol. The minimum absolute atomic E-state index is 0.945. The first-order chi connectivity index (χ1) is 3.91. The lowest BCUT2D eigenvalue weighted by atomic mass is 10.3. The normalized spacial score (nSPS) is 10.5. The van der Waals surface area contributed by atoms with E-state index >= 15 is 0 Å². The van der Waals surface area contributed by atoms with E-state index in [0.29, 0.717) is 0 Å². The van der Waals surface area contributed by atoms with E-state index in [-0.39, 0.29) is 0 Å². The Bertz CT molecular complexity index is 121. The van der Waals surface area contributed by atoms with Crippen LogP contribution in [0.1, 0.15) is 13.3 Å². The first-order valence-corrected chi connectivity index (χ1v) is 2.64. The summed E-state index contributed by atoms with van der Waals surface area (Å²) in [5, 5.41) is 0. The molecule has 0 aliphatic rings. The van der Waals surface area contributed by atoms with Crippen molar-refractivity contribution in [2.75, 3.05) is 0 Å². The number of terminal acetylenes is 1. The Kier molecular flexibility index (Phi) is 5.32. The summed E-state index contributed by atoms with van der Waals surface area (Å²) in [6.07, 6.45) is 13.6. The number of hydrogen-bond acceptors (Lipinski definition) is 0. The third-order valence-electron chi connectivity index (χ3n) is 0.722. The van der Waals surface area contributed by atoms with Crippen molar-refractivity contribution in [3.63, 3.8) is 0 Å². The van der Waals surface area contributed by atoms with Gasteiger partial charge in [-0.05, 0) is 19.4 Å². The fourth-order valence-corrected chi connectivity index (χ4v) is 0.351. The van der Waals surface area contributed by atoms with Crippen LogP contribution in [0.15, 0.2) is 24.3 Å². The summed E-state index contributed by atoms with van der Waals surface area (Å²) >= 11 is 0. The highest BCUT2D eigenvalue weighted by Gasteiger charge is 1.63. The van der Waals surface area contributed by atoms with E-state index in [1.165, 1.54) is 0 Å². The largest absolute Gasteiger partial charge is 0.115 e. The Labute approximate surface area is 50.9 Å². The topological polar surface area (TPSA) is 0 Å². The molecule has 0 aliphatic heterocycles. The van der Waals surface area contributed by atoms with Gasteiger partial charge >= 0.3 is 0 Å². The summed E-state index contributed by atoms with van der Waals surface area (Å²) in [5.41, 5.74) is 0. The third-order valence-corrected chi connectivity index (χ3v) is 0.722. The average Bonchev–Trinajstić information content (AvgIpc) is 1.81. The fraction of sp³-hybridized carbons (Fsp3) is 0.250. The Morgan fingerprint density at radius 2 is 2.25 bits per heavy atom. The van der Waals surface area contributed by atoms with E-state index in [9.17, 15) is 0 Å². The van der Waals surface area contributed by atoms with Crippen LogP contribution in [0.25, 0.3) is 0 Å². The maximum absolute atomic E-state index is 4.95. The summed E-state index contributed by atoms with van der Waals surface area (Å²) in [5.74, 6) is 2.41. The van der Waals surface area contributed by atoms with Crippen molar-refractivity contribution in [1.29, 1.82) is 0 Å². The zero-order chi connectivity index (χ0) is 6.24. The third kappa shape index (κ3) is 5.04. The van der Waals surface area contributed by atoms with Crippen molar-refractivity contribution in [2.24, 2.45) is 0 Å². The first kappa shape index (κ1) is 7.04. The molecule has 0 bridgehead atoms. The second-order valence-corrected chi connectivity index (χ2v) is 1.37. The highest BCUT2D eigenvalue weighted by molar-refractivity contribution is 5.09. The second kappa shape index (κ2) is 6.04. The van der Waals surface area contributed by atoms with Gasteiger partial charge in [0.1, 0.15) is 0 Å². The molecule has 0 heteroatoms. The second-order valence-electron chi connectivity index (χ2n) is 1.37. The van der Waals surface area contributed by atoms with Crippen molar-refractivity contribution in [3.8, 4) is 12.3 Å². The van der Waals surface area contributed by atoms with Crippen LogP contribution in [0, 0.1) is 12.3 Å². The SMILES string of the molecule is C#CC=CCC=CC. The molecule has 0 aliphatic carbocycles. The van der Waals surface area contributed by atoms with Crippen molar-refractivity contribution in [2.45, 2.75) is 13.3 Å². The van der Waals surface area contributed by atoms with E-state index in [4.69, 9.17) is 6.42 Å². The predicted molar refractivity (Wildman–Crippen MR) is 37.4 cm³/mol. The van der Waals surface area contributed by atoms with Crippen LogP contribution in [0.4, 0.5) is 0 Å². The van der Waals surface area contributed by atoms with Gasteiger partial charge in [0.15, 0.2) is 0 Å². The Morgan fingerprint density at radius 3 is 2.75 bits per heavy atom. The van der Waals surface area contributed by atoms with Gasteiger partial charge in [0.2, 0.25) is 0 Å². The smallest absolute Gasteiger partial charge is 0.0158 e. The van der Waals surface area contributed by atoms with E-state index < -0.39 is 0 Å². The molecule has 0 spiro atoms. The molecule has 0 radical (unpaired) electrons. The van der Waals surface area contributed by atoms with Crippen LogP contribution in [0.2, 0.25) is 0 Å². The van der Waals surface area contributed by atoms with Gasteiger partial charge in [-0.3, -0.25) is 0 Å². The lowest BCUT2D eigenvalue weighted by molar-refractivity contribution is 1.38. The average molecular weight is 106 g/mol. The van der Waals surface area contributed by atoms with E-state index in [1.54, 1.807) is 6.08 Å². The summed E-state index contributed by atoms with van der Waals surface area (Å²) in [7, 11) is 0. The van der Waals surface area contributed by atoms with Crippen LogP contribution in [0.5, 0.6) is 0 Å². The van der Waals surface area contributed by atoms with Gasteiger partial charge in [0, 0.05) is 0 Å². The zero-order valence-corrected chi connectivity index (χ0v) is 5.09. The Hall–Kier alpha value is -0.960. The molecule has 0 atom stereocenters. The molecule has 0 fully saturated rings. The molecule has 0 heterocycles. The molecule has 0 saturated carbocycles. The molecule has 0 N–H and O–H groups in total. The standard InChI is InChI=1S/C8H10/c1-3-5-7-8-6-4-2/h1,4-7H,8H2,2H3. The first-order valence-electron chi connectivity index (χ1n) is 2.64. The molecule has 8 heavy (non-hydrogen) atoms. The Balaban J connectivity index is 3.20.